The largest absolute Gasteiger partial charge is 0.493 e. The van der Waals surface area contributed by atoms with Crippen LogP contribution >= 0.6 is 0 Å². The zero-order chi connectivity index (χ0) is 14.5. The van der Waals surface area contributed by atoms with E-state index < -0.39 is 5.56 Å². The molecule has 0 bridgehead atoms. The Kier molecular flexibility index (Phi) is 3.99. The molecule has 104 valence electrons. The number of nitrogen functional groups attached to an aromatic ring is 1. The number of nitrogens with two attached hydrogens (primary N) is 1. The van der Waals surface area contributed by atoms with Gasteiger partial charge in [0.15, 0.2) is 23.0 Å². The van der Waals surface area contributed by atoms with E-state index in [2.05, 4.69) is 15.0 Å². The third-order valence-electron chi connectivity index (χ3n) is 2.61. The van der Waals surface area contributed by atoms with Gasteiger partial charge in [-0.2, -0.15) is 0 Å². The number of nitrogens with one attached hydrogen (secondary N) is 1. The second kappa shape index (κ2) is 5.87. The van der Waals surface area contributed by atoms with Crippen molar-refractivity contribution in [3.05, 3.63) is 40.4 Å². The molecule has 2 rings (SSSR count). The first kappa shape index (κ1) is 13.6. The number of rotatable bonds is 4. The van der Waals surface area contributed by atoms with Crippen LogP contribution in [0.5, 0.6) is 11.5 Å². The summed E-state index contributed by atoms with van der Waals surface area (Å²) in [7, 11) is 3.10. The average Bonchev–Trinajstić information content (AvgIpc) is 2.46. The van der Waals surface area contributed by atoms with Crippen LogP contribution in [-0.4, -0.2) is 30.4 Å². The summed E-state index contributed by atoms with van der Waals surface area (Å²) >= 11 is 0. The minimum Gasteiger partial charge on any atom is -0.493 e. The predicted molar refractivity (Wildman–Crippen MR) is 76.1 cm³/mol. The molecule has 2 aromatic rings. The fourth-order valence-corrected chi connectivity index (χ4v) is 1.60. The molecule has 1 aromatic heterocycles. The van der Waals surface area contributed by atoms with Crippen molar-refractivity contribution in [2.45, 2.75) is 0 Å². The Morgan fingerprint density at radius 2 is 2.05 bits per heavy atom. The van der Waals surface area contributed by atoms with Gasteiger partial charge in [0.1, 0.15) is 0 Å². The number of aromatic nitrogens is 2. The van der Waals surface area contributed by atoms with Crippen molar-refractivity contribution in [2.75, 3.05) is 20.0 Å². The number of nitrogens with zero attached hydrogens (tertiary/aromatic N) is 2. The number of aliphatic imine (C=N–C) groups is 1. The fourth-order valence-electron chi connectivity index (χ4n) is 1.60. The maximum atomic E-state index is 11.6. The second-order valence-corrected chi connectivity index (χ2v) is 3.84. The van der Waals surface area contributed by atoms with Gasteiger partial charge in [-0.25, -0.2) is 9.98 Å². The maximum Gasteiger partial charge on any atom is 0.278 e. The molecule has 0 amide bonds. The number of hydrogen-bond acceptors (Lipinski definition) is 6. The van der Waals surface area contributed by atoms with Gasteiger partial charge in [0, 0.05) is 6.21 Å². The van der Waals surface area contributed by atoms with E-state index in [0.29, 0.717) is 11.5 Å². The summed E-state index contributed by atoms with van der Waals surface area (Å²) in [4.78, 5) is 21.8. The van der Waals surface area contributed by atoms with Gasteiger partial charge in [0.05, 0.1) is 20.5 Å². The molecule has 0 saturated heterocycles. The van der Waals surface area contributed by atoms with Crippen LogP contribution in [0, 0.1) is 0 Å². The van der Waals surface area contributed by atoms with Crippen molar-refractivity contribution in [1.29, 1.82) is 0 Å². The zero-order valence-electron chi connectivity index (χ0n) is 11.1. The molecule has 0 spiro atoms. The summed E-state index contributed by atoms with van der Waals surface area (Å²) in [6, 6.07) is 5.27. The standard InChI is InChI=1S/C13H14N4O3/c1-19-9-4-3-8(5-10(9)20-2)6-15-11-12(14)16-7-17-13(11)18/h3-7H,1-2H3,(H3,14,16,17,18). The number of anilines is 1. The van der Waals surface area contributed by atoms with Crippen LogP contribution in [0.2, 0.25) is 0 Å². The molecular formula is C13H14N4O3. The predicted octanol–water partition coefficient (Wildman–Crippen LogP) is 1.12. The first-order valence-electron chi connectivity index (χ1n) is 5.75. The van der Waals surface area contributed by atoms with Gasteiger partial charge in [0.25, 0.3) is 5.56 Å². The summed E-state index contributed by atoms with van der Waals surface area (Å²) in [5.74, 6) is 1.26. The molecule has 1 heterocycles. The molecule has 0 aliphatic carbocycles. The van der Waals surface area contributed by atoms with Gasteiger partial charge in [-0.1, -0.05) is 0 Å². The molecule has 0 aliphatic rings. The number of ether oxygens (including phenoxy) is 2. The highest BCUT2D eigenvalue weighted by Crippen LogP contribution is 2.27. The van der Waals surface area contributed by atoms with Crippen LogP contribution in [0.3, 0.4) is 0 Å². The summed E-state index contributed by atoms with van der Waals surface area (Å²) < 4.78 is 10.3. The molecule has 0 unspecified atom stereocenters. The normalized spacial score (nSPS) is 10.7. The molecule has 0 saturated carbocycles. The topological polar surface area (TPSA) is 103 Å². The van der Waals surface area contributed by atoms with Gasteiger partial charge in [-0.3, -0.25) is 4.79 Å². The Balaban J connectivity index is 2.35. The first-order chi connectivity index (χ1) is 9.65. The first-order valence-corrected chi connectivity index (χ1v) is 5.75. The van der Waals surface area contributed by atoms with Crippen molar-refractivity contribution < 1.29 is 9.47 Å². The van der Waals surface area contributed by atoms with Crippen LogP contribution < -0.4 is 20.8 Å². The third kappa shape index (κ3) is 2.77. The molecule has 7 nitrogen and oxygen atoms in total. The summed E-state index contributed by atoms with van der Waals surface area (Å²) in [6.07, 6.45) is 2.73. The van der Waals surface area contributed by atoms with Crippen molar-refractivity contribution in [1.82, 2.24) is 9.97 Å². The van der Waals surface area contributed by atoms with Crippen LogP contribution in [-0.2, 0) is 0 Å². The lowest BCUT2D eigenvalue weighted by atomic mass is 10.2. The van der Waals surface area contributed by atoms with E-state index >= 15 is 0 Å². The summed E-state index contributed by atoms with van der Waals surface area (Å²) in [6.45, 7) is 0. The number of methoxy groups -OCH3 is 2. The van der Waals surface area contributed by atoms with Crippen LogP contribution in [0.15, 0.2) is 34.3 Å². The van der Waals surface area contributed by atoms with Gasteiger partial charge in [-0.15, -0.1) is 0 Å². The van der Waals surface area contributed by atoms with E-state index in [1.165, 1.54) is 12.5 Å². The minimum absolute atomic E-state index is 0.0716. The van der Waals surface area contributed by atoms with E-state index in [1.807, 2.05) is 0 Å². The van der Waals surface area contributed by atoms with E-state index in [-0.39, 0.29) is 11.5 Å². The Morgan fingerprint density at radius 1 is 1.30 bits per heavy atom. The number of benzene rings is 1. The summed E-state index contributed by atoms with van der Waals surface area (Å²) in [5, 5.41) is 0. The van der Waals surface area contributed by atoms with Gasteiger partial charge < -0.3 is 20.2 Å². The smallest absolute Gasteiger partial charge is 0.278 e. The van der Waals surface area contributed by atoms with Gasteiger partial charge in [-0.05, 0) is 23.8 Å². The Labute approximate surface area is 115 Å². The van der Waals surface area contributed by atoms with Crippen molar-refractivity contribution in [2.24, 2.45) is 4.99 Å². The molecule has 1 aromatic carbocycles. The SMILES string of the molecule is COc1ccc(C=Nc2c(N)nc[nH]c2=O)cc1OC. The lowest BCUT2D eigenvalue weighted by Gasteiger charge is -2.07. The molecule has 3 N–H and O–H groups in total. The lowest BCUT2D eigenvalue weighted by Crippen LogP contribution is -2.08. The maximum absolute atomic E-state index is 11.6. The molecule has 0 atom stereocenters. The van der Waals surface area contributed by atoms with E-state index in [0.717, 1.165) is 5.56 Å². The Bertz CT molecular complexity index is 694. The lowest BCUT2D eigenvalue weighted by molar-refractivity contribution is 0.355. The quantitative estimate of drug-likeness (QED) is 0.813. The molecule has 0 aliphatic heterocycles. The number of hydrogen-bond donors (Lipinski definition) is 2. The fraction of sp³-hybridized carbons (Fsp3) is 0.154. The Morgan fingerprint density at radius 3 is 2.70 bits per heavy atom. The van der Waals surface area contributed by atoms with Crippen molar-refractivity contribution in [3.63, 3.8) is 0 Å². The van der Waals surface area contributed by atoms with Crippen molar-refractivity contribution in [3.8, 4) is 11.5 Å². The molecule has 0 fully saturated rings. The van der Waals surface area contributed by atoms with Crippen LogP contribution in [0.1, 0.15) is 5.56 Å². The molecular weight excluding hydrogens is 260 g/mol. The highest BCUT2D eigenvalue weighted by molar-refractivity contribution is 5.84. The van der Waals surface area contributed by atoms with Gasteiger partial charge >= 0.3 is 0 Å². The monoisotopic (exact) mass is 274 g/mol. The molecule has 0 radical (unpaired) electrons. The zero-order valence-corrected chi connectivity index (χ0v) is 11.1. The Hall–Kier alpha value is -2.83. The van der Waals surface area contributed by atoms with E-state index in [1.54, 1.807) is 32.4 Å². The third-order valence-corrected chi connectivity index (χ3v) is 2.61. The summed E-state index contributed by atoms with van der Waals surface area (Å²) in [5.41, 5.74) is 6.02. The number of H-pyrrole nitrogens is 1. The second-order valence-electron chi connectivity index (χ2n) is 3.84. The van der Waals surface area contributed by atoms with Crippen LogP contribution in [0.4, 0.5) is 11.5 Å². The highest BCUT2D eigenvalue weighted by Gasteiger charge is 2.05. The minimum atomic E-state index is -0.394. The highest BCUT2D eigenvalue weighted by atomic mass is 16.5. The average molecular weight is 274 g/mol. The molecule has 7 heteroatoms. The number of aromatic amines is 1. The van der Waals surface area contributed by atoms with Crippen molar-refractivity contribution >= 4 is 17.7 Å². The van der Waals surface area contributed by atoms with E-state index in [4.69, 9.17) is 15.2 Å². The van der Waals surface area contributed by atoms with E-state index in [9.17, 15) is 4.79 Å². The molecule has 20 heavy (non-hydrogen) atoms. The van der Waals surface area contributed by atoms with Gasteiger partial charge in [0.2, 0.25) is 0 Å². The van der Waals surface area contributed by atoms with Crippen LogP contribution in [0.25, 0.3) is 0 Å².